The van der Waals surface area contributed by atoms with Crippen molar-refractivity contribution in [1.82, 2.24) is 15.1 Å². The number of allylic oxidation sites excluding steroid dienone is 2. The number of nitrogens with one attached hydrogen (secondary N) is 2. The van der Waals surface area contributed by atoms with E-state index in [-0.39, 0.29) is 42.2 Å². The predicted octanol–water partition coefficient (Wildman–Crippen LogP) is 4.03. The Morgan fingerprint density at radius 2 is 1.88 bits per heavy atom. The second-order valence-corrected chi connectivity index (χ2v) is 13.6. The first-order valence-corrected chi connectivity index (χ1v) is 16.9. The van der Waals surface area contributed by atoms with Crippen LogP contribution in [0.4, 0.5) is 5.69 Å². The van der Waals surface area contributed by atoms with Crippen molar-refractivity contribution in [2.24, 2.45) is 4.99 Å². The lowest BCUT2D eigenvalue weighted by Crippen LogP contribution is -2.71. The molecule has 6 atom stereocenters. The molecule has 12 heteroatoms. The van der Waals surface area contributed by atoms with Gasteiger partial charge in [0.25, 0.3) is 0 Å². The minimum absolute atomic E-state index is 0.00613. The van der Waals surface area contributed by atoms with E-state index >= 15 is 0 Å². The number of nitrogens with zero attached hydrogens (tertiary/aromatic N) is 4. The average molecular weight is 669 g/mol. The molecule has 0 aromatic heterocycles. The molecule has 1 aliphatic carbocycles. The molecule has 4 aliphatic rings. The molecule has 1 fully saturated rings. The number of aliphatic imine (C=N–C) groups is 1. The van der Waals surface area contributed by atoms with Gasteiger partial charge in [0.15, 0.2) is 23.1 Å². The SMILES string of the molecule is COc1c(C)cc2c(c1O)[C@@H]1C3CC4=C(C(=O)C(C)=C(C)C4=O)[C@H](CNC(=O)C(C)N=CSNc4ccccc4)N3[C@@H](C#N)[C@H](C2)N1C. The van der Waals surface area contributed by atoms with E-state index in [9.17, 15) is 24.8 Å². The number of amides is 1. The normalized spacial score (nSPS) is 26.1. The largest absolute Gasteiger partial charge is 0.504 e. The van der Waals surface area contributed by atoms with E-state index in [4.69, 9.17) is 4.74 Å². The maximum absolute atomic E-state index is 14.0. The molecule has 2 unspecified atom stereocenters. The molecule has 2 bridgehead atoms. The standard InChI is InChI=1S/C36H40N6O5S/c1-18-12-22-13-25-27(15-37)42-26(31(41(25)5)29(22)34(45)35(18)47-6)14-24-30(33(44)20(3)19(2)32(24)43)28(42)16-38-36(46)21(4)39-17-48-40-23-10-8-7-9-11-23/h7-12,17,21,25-28,31,40,45H,13-14,16H2,1-6H3,(H,38,46)/t21?,25-,26?,27-,28-,31-/m0/s1. The maximum atomic E-state index is 14.0. The number of phenols is 1. The van der Waals surface area contributed by atoms with Crippen LogP contribution in [0, 0.1) is 18.3 Å². The van der Waals surface area contributed by atoms with Crippen LogP contribution in [0.5, 0.6) is 11.5 Å². The highest BCUT2D eigenvalue weighted by Gasteiger charge is 2.57. The minimum atomic E-state index is -0.744. The van der Waals surface area contributed by atoms with Gasteiger partial charge in [-0.25, -0.2) is 0 Å². The second-order valence-electron chi connectivity index (χ2n) is 12.9. The summed E-state index contributed by atoms with van der Waals surface area (Å²) in [5, 5.41) is 25.3. The Labute approximate surface area is 284 Å². The lowest BCUT2D eigenvalue weighted by atomic mass is 9.69. The number of nitriles is 1. The van der Waals surface area contributed by atoms with Crippen LogP contribution in [0.25, 0.3) is 0 Å². The molecule has 3 aliphatic heterocycles. The third-order valence-electron chi connectivity index (χ3n) is 10.4. The van der Waals surface area contributed by atoms with Crippen LogP contribution in [-0.2, 0) is 20.8 Å². The highest BCUT2D eigenvalue weighted by molar-refractivity contribution is 8.13. The molecular formula is C36H40N6O5S. The number of phenolic OH excluding ortho intramolecular Hbond substituents is 1. The van der Waals surface area contributed by atoms with Crippen molar-refractivity contribution >= 4 is 40.7 Å². The summed E-state index contributed by atoms with van der Waals surface area (Å²) >= 11 is 1.25. The molecule has 250 valence electrons. The molecule has 2 aromatic carbocycles. The molecular weight excluding hydrogens is 628 g/mol. The van der Waals surface area contributed by atoms with Gasteiger partial charge in [-0.3, -0.25) is 29.2 Å². The summed E-state index contributed by atoms with van der Waals surface area (Å²) in [6.45, 7) is 6.89. The van der Waals surface area contributed by atoms with Gasteiger partial charge in [-0.2, -0.15) is 5.26 Å². The van der Waals surface area contributed by atoms with Gasteiger partial charge >= 0.3 is 0 Å². The van der Waals surface area contributed by atoms with Gasteiger partial charge in [0, 0.05) is 52.2 Å². The fourth-order valence-corrected chi connectivity index (χ4v) is 8.41. The van der Waals surface area contributed by atoms with E-state index in [0.29, 0.717) is 40.0 Å². The van der Waals surface area contributed by atoms with E-state index in [1.165, 1.54) is 19.1 Å². The van der Waals surface area contributed by atoms with E-state index < -0.39 is 30.2 Å². The molecule has 1 saturated heterocycles. The van der Waals surface area contributed by atoms with E-state index in [0.717, 1.165) is 16.8 Å². The zero-order valence-electron chi connectivity index (χ0n) is 27.9. The summed E-state index contributed by atoms with van der Waals surface area (Å²) in [5.41, 5.74) is 6.45. The number of aryl methyl sites for hydroxylation is 1. The number of rotatable bonds is 8. The van der Waals surface area contributed by atoms with Gasteiger partial charge in [0.05, 0.1) is 30.8 Å². The number of piperazine rings is 1. The Morgan fingerprint density at radius 3 is 2.56 bits per heavy atom. The fourth-order valence-electron chi connectivity index (χ4n) is 7.85. The van der Waals surface area contributed by atoms with Crippen LogP contribution in [0.2, 0.25) is 0 Å². The van der Waals surface area contributed by atoms with Crippen molar-refractivity contribution in [3.05, 3.63) is 75.4 Å². The Morgan fingerprint density at radius 1 is 1.17 bits per heavy atom. The van der Waals surface area contributed by atoms with Gasteiger partial charge in [-0.1, -0.05) is 24.3 Å². The average Bonchev–Trinajstić information content (AvgIpc) is 3.07. The summed E-state index contributed by atoms with van der Waals surface area (Å²) in [5.74, 6) is -0.347. The third-order valence-corrected chi connectivity index (χ3v) is 10.9. The first kappa shape index (κ1) is 33.5. The van der Waals surface area contributed by atoms with Crippen molar-refractivity contribution < 1.29 is 24.2 Å². The van der Waals surface area contributed by atoms with Crippen molar-refractivity contribution in [2.45, 2.75) is 76.8 Å². The Hall–Kier alpha value is -4.44. The number of fused-ring (bicyclic) bond motifs is 6. The number of aromatic hydroxyl groups is 1. The van der Waals surface area contributed by atoms with E-state index in [2.05, 4.69) is 26.0 Å². The molecule has 11 nitrogen and oxygen atoms in total. The lowest BCUT2D eigenvalue weighted by molar-refractivity contribution is -0.124. The monoisotopic (exact) mass is 668 g/mol. The zero-order chi connectivity index (χ0) is 34.4. The zero-order valence-corrected chi connectivity index (χ0v) is 28.7. The molecule has 2 aromatic rings. The quantitative estimate of drug-likeness (QED) is 0.163. The topological polar surface area (TPSA) is 147 Å². The van der Waals surface area contributed by atoms with Gasteiger partial charge < -0.3 is 19.9 Å². The van der Waals surface area contributed by atoms with Crippen molar-refractivity contribution in [2.75, 3.05) is 25.4 Å². The molecule has 0 radical (unpaired) electrons. The van der Waals surface area contributed by atoms with Gasteiger partial charge in [0.1, 0.15) is 12.1 Å². The molecule has 0 spiro atoms. The Bertz CT molecular complexity index is 1810. The highest BCUT2D eigenvalue weighted by Crippen LogP contribution is 2.53. The Kier molecular flexibility index (Phi) is 9.22. The van der Waals surface area contributed by atoms with Crippen molar-refractivity contribution in [3.63, 3.8) is 0 Å². The minimum Gasteiger partial charge on any atom is -0.504 e. The van der Waals surface area contributed by atoms with Crippen LogP contribution in [-0.4, -0.2) is 88.8 Å². The van der Waals surface area contributed by atoms with Crippen LogP contribution in [0.15, 0.2) is 63.7 Å². The molecule has 3 N–H and O–H groups in total. The number of likely N-dealkylation sites (N-methyl/N-ethyl adjacent to an activating group) is 1. The number of carbonyl (C=O) groups is 3. The van der Waals surface area contributed by atoms with Gasteiger partial charge in [-0.15, -0.1) is 0 Å². The fraction of sp³-hybridized carbons (Fsp3) is 0.417. The van der Waals surface area contributed by atoms with Crippen LogP contribution in [0.3, 0.4) is 0 Å². The van der Waals surface area contributed by atoms with Crippen molar-refractivity contribution in [1.29, 1.82) is 5.26 Å². The van der Waals surface area contributed by atoms with Crippen molar-refractivity contribution in [3.8, 4) is 17.6 Å². The summed E-state index contributed by atoms with van der Waals surface area (Å²) in [7, 11) is 3.46. The number of methoxy groups -OCH3 is 1. The Balaban J connectivity index is 1.35. The third kappa shape index (κ3) is 5.49. The first-order valence-electron chi connectivity index (χ1n) is 16.0. The summed E-state index contributed by atoms with van der Waals surface area (Å²) < 4.78 is 8.73. The van der Waals surface area contributed by atoms with E-state index in [1.807, 2.05) is 55.3 Å². The van der Waals surface area contributed by atoms with Crippen LogP contribution >= 0.6 is 11.9 Å². The summed E-state index contributed by atoms with van der Waals surface area (Å²) in [6, 6.07) is 10.9. The second kappa shape index (κ2) is 13.2. The smallest absolute Gasteiger partial charge is 0.244 e. The maximum Gasteiger partial charge on any atom is 0.244 e. The molecule has 0 saturated carbocycles. The number of carbonyl (C=O) groups excluding carboxylic acids is 3. The number of hydrogen-bond donors (Lipinski definition) is 3. The number of benzene rings is 2. The van der Waals surface area contributed by atoms with Crippen LogP contribution < -0.4 is 14.8 Å². The van der Waals surface area contributed by atoms with Crippen LogP contribution in [0.1, 0.15) is 49.9 Å². The number of ether oxygens (including phenoxy) is 1. The number of hydrogen-bond acceptors (Lipinski definition) is 11. The molecule has 6 rings (SSSR count). The van der Waals surface area contributed by atoms with Gasteiger partial charge in [0.2, 0.25) is 5.91 Å². The first-order chi connectivity index (χ1) is 23.0. The highest BCUT2D eigenvalue weighted by atomic mass is 32.2. The predicted molar refractivity (Wildman–Crippen MR) is 185 cm³/mol. The lowest BCUT2D eigenvalue weighted by Gasteiger charge is -2.60. The number of Topliss-reactive ketones (excluding diaryl/α,β-unsaturated/α-hetero) is 2. The number of anilines is 1. The van der Waals surface area contributed by atoms with E-state index in [1.54, 1.807) is 26.3 Å². The van der Waals surface area contributed by atoms with Gasteiger partial charge in [-0.05, 0) is 82.8 Å². The molecule has 1 amide bonds. The molecule has 48 heavy (non-hydrogen) atoms. The molecule has 3 heterocycles. The number of ketones is 2. The number of para-hydroxylation sites is 1. The summed E-state index contributed by atoms with van der Waals surface area (Å²) in [6.07, 6.45) is 0.717. The summed E-state index contributed by atoms with van der Waals surface area (Å²) in [4.78, 5) is 49.7.